The molecule has 0 aliphatic rings. The second-order valence-electron chi connectivity index (χ2n) is 6.56. The number of carbonyl (C=O) groups is 2. The van der Waals surface area contributed by atoms with Gasteiger partial charge in [0.25, 0.3) is 0 Å². The van der Waals surface area contributed by atoms with Gasteiger partial charge in [0.2, 0.25) is 0 Å². The number of ketones is 2. The van der Waals surface area contributed by atoms with Crippen LogP contribution in [0.25, 0.3) is 16.6 Å². The normalized spacial score (nSPS) is 10.7. The van der Waals surface area contributed by atoms with Gasteiger partial charge in [-0.1, -0.05) is 12.1 Å². The first-order chi connectivity index (χ1) is 13.0. The highest BCUT2D eigenvalue weighted by Gasteiger charge is 2.20. The zero-order chi connectivity index (χ0) is 19.6. The van der Waals surface area contributed by atoms with E-state index < -0.39 is 0 Å². The molecule has 4 nitrogen and oxygen atoms in total. The summed E-state index contributed by atoms with van der Waals surface area (Å²) in [6.45, 7) is 3.48. The molecule has 3 rings (SSSR count). The van der Waals surface area contributed by atoms with Crippen molar-refractivity contribution in [3.05, 3.63) is 64.8 Å². The molecule has 0 aliphatic carbocycles. The van der Waals surface area contributed by atoms with E-state index in [1.165, 1.54) is 0 Å². The molecule has 0 aliphatic heterocycles. The third kappa shape index (κ3) is 3.65. The minimum absolute atomic E-state index is 0.0839. The van der Waals surface area contributed by atoms with Crippen LogP contribution >= 0.6 is 11.6 Å². The van der Waals surface area contributed by atoms with Crippen molar-refractivity contribution >= 4 is 34.1 Å². The molecule has 1 heterocycles. The predicted octanol–water partition coefficient (Wildman–Crippen LogP) is 4.75. The maximum atomic E-state index is 12.5. The van der Waals surface area contributed by atoms with E-state index in [0.29, 0.717) is 24.0 Å². The summed E-state index contributed by atoms with van der Waals surface area (Å²) in [5, 5.41) is 9.87. The highest BCUT2D eigenvalue weighted by molar-refractivity contribution is 6.32. The zero-order valence-electron chi connectivity index (χ0n) is 15.3. The first-order valence-corrected chi connectivity index (χ1v) is 9.22. The number of hydrogen-bond donors (Lipinski definition) is 0. The summed E-state index contributed by atoms with van der Waals surface area (Å²) in [7, 11) is 0. The van der Waals surface area contributed by atoms with Gasteiger partial charge in [0.05, 0.1) is 23.0 Å². The molecule has 2 aromatic carbocycles. The summed E-state index contributed by atoms with van der Waals surface area (Å²) < 4.78 is 2.01. The van der Waals surface area contributed by atoms with Gasteiger partial charge in [-0.25, -0.2) is 0 Å². The van der Waals surface area contributed by atoms with Crippen molar-refractivity contribution in [2.45, 2.75) is 26.7 Å². The fourth-order valence-corrected chi connectivity index (χ4v) is 3.51. The van der Waals surface area contributed by atoms with E-state index in [1.807, 2.05) is 41.8 Å². The third-order valence-electron chi connectivity index (χ3n) is 4.69. The molecule has 0 N–H and O–H groups in total. The number of alkyl halides is 1. The second-order valence-corrected chi connectivity index (χ2v) is 6.83. The first-order valence-electron chi connectivity index (χ1n) is 8.69. The lowest BCUT2D eigenvalue weighted by molar-refractivity contribution is -0.116. The highest BCUT2D eigenvalue weighted by Crippen LogP contribution is 2.31. The number of rotatable bonds is 6. The maximum Gasteiger partial charge on any atom is 0.180 e. The van der Waals surface area contributed by atoms with E-state index in [1.54, 1.807) is 19.1 Å². The molecule has 0 atom stereocenters. The van der Waals surface area contributed by atoms with Crippen molar-refractivity contribution < 1.29 is 9.59 Å². The molecular formula is C22H19ClN2O2. The molecule has 1 aromatic heterocycles. The number of hydrogen-bond acceptors (Lipinski definition) is 3. The lowest BCUT2D eigenvalue weighted by atomic mass is 10.0. The Balaban J connectivity index is 2.23. The average molecular weight is 379 g/mol. The molecule has 3 aromatic rings. The summed E-state index contributed by atoms with van der Waals surface area (Å²) in [4.78, 5) is 23.8. The lowest BCUT2D eigenvalue weighted by Crippen LogP contribution is -2.04. The first kappa shape index (κ1) is 18.9. The second kappa shape index (κ2) is 7.77. The van der Waals surface area contributed by atoms with E-state index in [0.717, 1.165) is 27.8 Å². The molecule has 136 valence electrons. The molecule has 27 heavy (non-hydrogen) atoms. The van der Waals surface area contributed by atoms with Crippen LogP contribution < -0.4 is 0 Å². The minimum Gasteiger partial charge on any atom is -0.313 e. The molecule has 0 saturated heterocycles. The molecule has 0 bridgehead atoms. The summed E-state index contributed by atoms with van der Waals surface area (Å²) in [5.41, 5.74) is 4.80. The van der Waals surface area contributed by atoms with Crippen molar-refractivity contribution in [2.24, 2.45) is 0 Å². The number of aryl methyl sites for hydroxylation is 1. The third-order valence-corrected chi connectivity index (χ3v) is 4.93. The zero-order valence-corrected chi connectivity index (χ0v) is 16.0. The number of halogens is 1. The average Bonchev–Trinajstić information content (AvgIpc) is 2.97. The van der Waals surface area contributed by atoms with Gasteiger partial charge in [-0.3, -0.25) is 4.79 Å². The number of carbonyl (C=O) groups excluding carboxylic acids is 2. The Morgan fingerprint density at radius 1 is 1.15 bits per heavy atom. The monoisotopic (exact) mass is 378 g/mol. The smallest absolute Gasteiger partial charge is 0.180 e. The van der Waals surface area contributed by atoms with Crippen LogP contribution in [0.3, 0.4) is 0 Å². The van der Waals surface area contributed by atoms with Gasteiger partial charge in [0.15, 0.2) is 5.78 Å². The van der Waals surface area contributed by atoms with Gasteiger partial charge < -0.3 is 9.36 Å². The molecule has 0 saturated carbocycles. The van der Waals surface area contributed by atoms with Gasteiger partial charge in [-0.05, 0) is 56.2 Å². The number of Topliss-reactive ketones (excluding diaryl/α,β-unsaturated/α-hetero) is 2. The van der Waals surface area contributed by atoms with E-state index in [2.05, 4.69) is 6.07 Å². The van der Waals surface area contributed by atoms with Crippen LogP contribution in [0.1, 0.15) is 40.5 Å². The molecule has 0 unspecified atom stereocenters. The highest BCUT2D eigenvalue weighted by atomic mass is 35.5. The number of benzene rings is 2. The van der Waals surface area contributed by atoms with Gasteiger partial charge in [-0.15, -0.1) is 11.6 Å². The van der Waals surface area contributed by atoms with Crippen LogP contribution in [0, 0.1) is 18.3 Å². The van der Waals surface area contributed by atoms with Crippen molar-refractivity contribution in [2.75, 3.05) is 5.88 Å². The topological polar surface area (TPSA) is 62.9 Å². The molecule has 0 fully saturated rings. The van der Waals surface area contributed by atoms with Crippen LogP contribution in [0.15, 0.2) is 42.5 Å². The Kier molecular flexibility index (Phi) is 5.43. The number of fused-ring (bicyclic) bond motifs is 1. The van der Waals surface area contributed by atoms with E-state index in [-0.39, 0.29) is 17.4 Å². The van der Waals surface area contributed by atoms with Gasteiger partial charge in [0, 0.05) is 28.8 Å². The summed E-state index contributed by atoms with van der Waals surface area (Å²) in [6, 6.07) is 15.3. The Hall–Kier alpha value is -2.90. The largest absolute Gasteiger partial charge is 0.313 e. The Labute approximate surface area is 163 Å². The van der Waals surface area contributed by atoms with Crippen LogP contribution in [0.2, 0.25) is 0 Å². The number of nitrogens with zero attached hydrogens (tertiary/aromatic N) is 2. The van der Waals surface area contributed by atoms with Crippen LogP contribution in [0.5, 0.6) is 0 Å². The predicted molar refractivity (Wildman–Crippen MR) is 107 cm³/mol. The standard InChI is InChI=1S/C22H19ClN2O2/c1-14(26)3-4-16-7-10-19-20(11-16)25(15(2)22(19)21(27)12-23)18-8-5-17(13-24)6-9-18/h5-11H,3-4,12H2,1-2H3. The SMILES string of the molecule is CC(=O)CCc1ccc2c(C(=O)CCl)c(C)n(-c3ccc(C#N)cc3)c2c1. The van der Waals surface area contributed by atoms with Crippen molar-refractivity contribution in [1.82, 2.24) is 4.57 Å². The van der Waals surface area contributed by atoms with Crippen molar-refractivity contribution in [1.29, 1.82) is 5.26 Å². The fraction of sp³-hybridized carbons (Fsp3) is 0.227. The van der Waals surface area contributed by atoms with E-state index in [4.69, 9.17) is 16.9 Å². The lowest BCUT2D eigenvalue weighted by Gasteiger charge is -2.09. The fourth-order valence-electron chi connectivity index (χ4n) is 3.37. The van der Waals surface area contributed by atoms with Crippen LogP contribution in [-0.2, 0) is 11.2 Å². The van der Waals surface area contributed by atoms with E-state index in [9.17, 15) is 9.59 Å². The number of aromatic nitrogens is 1. The molecule has 0 radical (unpaired) electrons. The number of nitriles is 1. The Morgan fingerprint density at radius 2 is 1.85 bits per heavy atom. The van der Waals surface area contributed by atoms with Gasteiger partial charge in [0.1, 0.15) is 5.78 Å². The maximum absolute atomic E-state index is 12.5. The summed E-state index contributed by atoms with van der Waals surface area (Å²) in [6.07, 6.45) is 1.14. The summed E-state index contributed by atoms with van der Waals surface area (Å²) in [5.74, 6) is -0.0609. The molecule has 0 amide bonds. The Morgan fingerprint density at radius 3 is 2.44 bits per heavy atom. The van der Waals surface area contributed by atoms with Gasteiger partial charge in [-0.2, -0.15) is 5.26 Å². The Bertz CT molecular complexity index is 1070. The quantitative estimate of drug-likeness (QED) is 0.459. The van der Waals surface area contributed by atoms with Crippen LogP contribution in [0.4, 0.5) is 0 Å². The molecule has 5 heteroatoms. The summed E-state index contributed by atoms with van der Waals surface area (Å²) >= 11 is 5.84. The van der Waals surface area contributed by atoms with Crippen molar-refractivity contribution in [3.8, 4) is 11.8 Å². The molecule has 0 spiro atoms. The van der Waals surface area contributed by atoms with Crippen molar-refractivity contribution in [3.63, 3.8) is 0 Å². The van der Waals surface area contributed by atoms with Gasteiger partial charge >= 0.3 is 0 Å². The van der Waals surface area contributed by atoms with E-state index >= 15 is 0 Å². The molecular weight excluding hydrogens is 360 g/mol. The minimum atomic E-state index is -0.122. The van der Waals surface area contributed by atoms with Crippen LogP contribution in [-0.4, -0.2) is 22.0 Å².